The molecule has 0 aliphatic carbocycles. The lowest BCUT2D eigenvalue weighted by Crippen LogP contribution is -2.64. The summed E-state index contributed by atoms with van der Waals surface area (Å²) in [5.41, 5.74) is 5.12. The third kappa shape index (κ3) is 7.43. The van der Waals surface area contributed by atoms with Gasteiger partial charge in [0.1, 0.15) is 49.3 Å². The Balaban J connectivity index is 1.23. The summed E-state index contributed by atoms with van der Waals surface area (Å²) >= 11 is 0. The van der Waals surface area contributed by atoms with Crippen LogP contribution in [0, 0.1) is 29.0 Å². The zero-order chi connectivity index (χ0) is 45.6. The lowest BCUT2D eigenvalue weighted by molar-refractivity contribution is 0.00450. The van der Waals surface area contributed by atoms with Crippen molar-refractivity contribution in [3.63, 3.8) is 0 Å². The maximum atomic E-state index is 18.1. The van der Waals surface area contributed by atoms with E-state index in [0.29, 0.717) is 76.8 Å². The molecule has 64 heavy (non-hydrogen) atoms. The molecule has 342 valence electrons. The first-order valence-corrected chi connectivity index (χ1v) is 26.0. The number of carbonyl (C=O) groups is 1. The van der Waals surface area contributed by atoms with Gasteiger partial charge in [-0.1, -0.05) is 78.7 Å². The number of pyridine rings is 1. The molecule has 0 unspecified atom stereocenters. The van der Waals surface area contributed by atoms with E-state index in [-0.39, 0.29) is 59.5 Å². The number of halogens is 3. The van der Waals surface area contributed by atoms with E-state index in [1.165, 1.54) is 6.07 Å². The summed E-state index contributed by atoms with van der Waals surface area (Å²) in [5, 5.41) is 1.78. The van der Waals surface area contributed by atoms with Gasteiger partial charge < -0.3 is 14.4 Å². The van der Waals surface area contributed by atoms with Crippen LogP contribution in [-0.4, -0.2) is 101 Å². The Hall–Kier alpha value is -4.41. The fraction of sp³-hybridized carbons (Fsp3) is 0.608. The normalized spacial score (nSPS) is 25.8. The first-order chi connectivity index (χ1) is 30.3. The molecule has 0 saturated carbocycles. The second kappa shape index (κ2) is 16.5. The quantitative estimate of drug-likeness (QED) is 0.134. The minimum Gasteiger partial charge on any atom is -0.461 e. The molecule has 9 nitrogen and oxygen atoms in total. The first kappa shape index (κ1) is 44.8. The maximum Gasteiger partial charge on any atom is 0.410 e. The highest BCUT2D eigenvalue weighted by atomic mass is 28.3. The smallest absolute Gasteiger partial charge is 0.410 e. The van der Waals surface area contributed by atoms with Crippen LogP contribution in [0.25, 0.3) is 32.9 Å². The molecule has 0 radical (unpaired) electrons. The molecule has 2 aromatic heterocycles. The van der Waals surface area contributed by atoms with Gasteiger partial charge in [0, 0.05) is 30.5 Å². The Morgan fingerprint density at radius 3 is 2.44 bits per heavy atom. The molecule has 6 atom stereocenters. The van der Waals surface area contributed by atoms with Crippen molar-refractivity contribution in [2.45, 2.75) is 166 Å². The van der Waals surface area contributed by atoms with Crippen molar-refractivity contribution < 1.29 is 27.4 Å². The number of nitrogens with zero attached hydrogens (tertiary/aromatic N) is 6. The Bertz CT molecular complexity index is 2530. The summed E-state index contributed by atoms with van der Waals surface area (Å²) < 4.78 is 61.9. The van der Waals surface area contributed by atoms with Gasteiger partial charge in [-0.2, -0.15) is 9.97 Å². The fourth-order valence-electron chi connectivity index (χ4n) is 12.8. The molecular weight excluding hydrogens is 830 g/mol. The zero-order valence-corrected chi connectivity index (χ0v) is 40.3. The summed E-state index contributed by atoms with van der Waals surface area (Å²) in [5.74, 6) is 2.91. The monoisotopic (exact) mass is 894 g/mol. The van der Waals surface area contributed by atoms with Gasteiger partial charge in [-0.25, -0.2) is 22.9 Å². The largest absolute Gasteiger partial charge is 0.461 e. The Kier molecular flexibility index (Phi) is 11.5. The number of carbonyl (C=O) groups excluding carboxylic acids is 1. The van der Waals surface area contributed by atoms with E-state index in [4.69, 9.17) is 24.4 Å². The van der Waals surface area contributed by atoms with Crippen LogP contribution in [-0.2, 0) is 11.2 Å². The first-order valence-electron chi connectivity index (χ1n) is 23.8. The number of aromatic nitrogens is 3. The van der Waals surface area contributed by atoms with Gasteiger partial charge >= 0.3 is 12.1 Å². The van der Waals surface area contributed by atoms with Gasteiger partial charge in [-0.3, -0.25) is 9.80 Å². The van der Waals surface area contributed by atoms with E-state index in [9.17, 15) is 9.18 Å². The summed E-state index contributed by atoms with van der Waals surface area (Å²) in [6.45, 7) is 23.1. The van der Waals surface area contributed by atoms with Crippen molar-refractivity contribution in [3.8, 4) is 28.7 Å². The van der Waals surface area contributed by atoms with Gasteiger partial charge in [-0.15, -0.1) is 5.54 Å². The number of ether oxygens (including phenoxy) is 2. The molecular formula is C51H65F3N6O3Si. The third-order valence-electron chi connectivity index (χ3n) is 15.6. The van der Waals surface area contributed by atoms with E-state index in [1.807, 2.05) is 43.9 Å². The number of amides is 1. The fourth-order valence-corrected chi connectivity index (χ4v) is 18.0. The highest BCUT2D eigenvalue weighted by Crippen LogP contribution is 2.47. The number of fused-ring (bicyclic) bond motifs is 7. The molecule has 0 spiro atoms. The van der Waals surface area contributed by atoms with Gasteiger partial charge in [0.15, 0.2) is 5.82 Å². The average molecular weight is 895 g/mol. The summed E-state index contributed by atoms with van der Waals surface area (Å²) in [6, 6.07) is 8.36. The highest BCUT2D eigenvalue weighted by Gasteiger charge is 2.53. The molecule has 4 saturated heterocycles. The molecule has 0 N–H and O–H groups in total. The molecule has 4 fully saturated rings. The van der Waals surface area contributed by atoms with Crippen molar-refractivity contribution in [1.29, 1.82) is 0 Å². The molecule has 9 rings (SSSR count). The standard InChI is InChI=1S/C51H65F3N6O3Si/c1-29(2)64(30(3)4,31(5)6)24-21-36-38(53)18-16-33-13-11-14-37(41(33)36)44-43(54)45-42-39(55-44)19-15-32(7)46-40-20-17-35(60(40)49(61)63-50(8,9)10)27-59(46)47(42)57-48(56-45)62-28-51-22-12-23-58(51)26-34(52)25-51/h11,13-14,16,18,29-32,34-35,40,46H,12,15,17,19-20,22-23,25-28H2,1-10H3/t32-,34+,35+,40-,46-,51-/m0/s1. The molecule has 4 aromatic rings. The van der Waals surface area contributed by atoms with Crippen LogP contribution in [0.2, 0.25) is 16.6 Å². The van der Waals surface area contributed by atoms with Gasteiger partial charge in [0.05, 0.1) is 40.3 Å². The Morgan fingerprint density at radius 2 is 1.72 bits per heavy atom. The lowest BCUT2D eigenvalue weighted by atomic mass is 9.85. The Morgan fingerprint density at radius 1 is 0.969 bits per heavy atom. The molecule has 7 heterocycles. The maximum absolute atomic E-state index is 18.1. The average Bonchev–Trinajstić information content (AvgIpc) is 3.86. The van der Waals surface area contributed by atoms with Crippen LogP contribution < -0.4 is 9.64 Å². The molecule has 1 amide bonds. The predicted octanol–water partition coefficient (Wildman–Crippen LogP) is 11.2. The minimum absolute atomic E-state index is 0.0230. The lowest BCUT2D eigenvalue weighted by Gasteiger charge is -2.50. The number of aryl methyl sites for hydroxylation is 1. The second-order valence-corrected chi connectivity index (χ2v) is 27.0. The summed E-state index contributed by atoms with van der Waals surface area (Å²) in [6.07, 6.45) is 3.70. The van der Waals surface area contributed by atoms with Crippen molar-refractivity contribution in [2.75, 3.05) is 31.1 Å². The molecule has 2 bridgehead atoms. The van der Waals surface area contributed by atoms with Crippen molar-refractivity contribution in [1.82, 2.24) is 24.8 Å². The number of hydrogen-bond donors (Lipinski definition) is 0. The van der Waals surface area contributed by atoms with Crippen LogP contribution in [0.3, 0.4) is 0 Å². The molecule has 2 aromatic carbocycles. The van der Waals surface area contributed by atoms with Crippen LogP contribution in [0.1, 0.15) is 119 Å². The molecule has 13 heteroatoms. The number of hydrogen-bond acceptors (Lipinski definition) is 8. The van der Waals surface area contributed by atoms with E-state index in [2.05, 4.69) is 69.7 Å². The molecule has 5 aliphatic rings. The van der Waals surface area contributed by atoms with E-state index >= 15 is 8.78 Å². The van der Waals surface area contributed by atoms with Crippen molar-refractivity contribution >= 4 is 41.7 Å². The zero-order valence-electron chi connectivity index (χ0n) is 39.3. The highest BCUT2D eigenvalue weighted by molar-refractivity contribution is 6.90. The van der Waals surface area contributed by atoms with Crippen LogP contribution in [0.15, 0.2) is 30.3 Å². The number of benzene rings is 2. The van der Waals surface area contributed by atoms with E-state index in [1.54, 1.807) is 6.07 Å². The summed E-state index contributed by atoms with van der Waals surface area (Å²) in [7, 11) is -2.28. The van der Waals surface area contributed by atoms with Crippen molar-refractivity contribution in [3.05, 3.63) is 53.2 Å². The molecule has 5 aliphatic heterocycles. The topological polar surface area (TPSA) is 83.9 Å². The minimum atomic E-state index is -2.28. The Labute approximate surface area is 377 Å². The van der Waals surface area contributed by atoms with Crippen molar-refractivity contribution in [2.24, 2.45) is 5.92 Å². The number of anilines is 1. The van der Waals surface area contributed by atoms with Gasteiger partial charge in [0.25, 0.3) is 0 Å². The summed E-state index contributed by atoms with van der Waals surface area (Å²) in [4.78, 5) is 35.5. The number of alkyl halides is 1. The SMILES string of the molecule is CC(C)[Si](C#Cc1c(F)ccc2cccc(-c3nc4c5c(nc(OC[C@@]67CCCN6C[C@H](F)C7)nc5c3F)N3C[C@H]5CC[C@@H]([C@@H]3[C@@H](C)CC4)N5C(=O)OC(C)(C)C)c12)(C(C)C)C(C)C. The third-order valence-corrected chi connectivity index (χ3v) is 21.9. The van der Waals surface area contributed by atoms with E-state index < -0.39 is 37.0 Å². The number of rotatable bonds is 7. The van der Waals surface area contributed by atoms with Gasteiger partial charge in [-0.05, 0) is 99.8 Å². The van der Waals surface area contributed by atoms with Crippen LogP contribution >= 0.6 is 0 Å². The number of piperazine rings is 1. The van der Waals surface area contributed by atoms with E-state index in [0.717, 1.165) is 37.6 Å². The van der Waals surface area contributed by atoms with Gasteiger partial charge in [0.2, 0.25) is 0 Å². The second-order valence-electron chi connectivity index (χ2n) is 21.5. The predicted molar refractivity (Wildman–Crippen MR) is 250 cm³/mol. The van der Waals surface area contributed by atoms with Crippen LogP contribution in [0.5, 0.6) is 6.01 Å². The van der Waals surface area contributed by atoms with Crippen LogP contribution in [0.4, 0.5) is 23.8 Å².